The molecule has 0 fully saturated rings. The third-order valence-electron chi connectivity index (χ3n) is 3.47. The molecule has 26 heavy (non-hydrogen) atoms. The zero-order chi connectivity index (χ0) is 18.5. The van der Waals surface area contributed by atoms with Crippen molar-refractivity contribution in [2.24, 2.45) is 0 Å². The second kappa shape index (κ2) is 8.24. The van der Waals surface area contributed by atoms with Crippen molar-refractivity contribution in [3.05, 3.63) is 53.0 Å². The van der Waals surface area contributed by atoms with Crippen molar-refractivity contribution < 1.29 is 9.53 Å². The van der Waals surface area contributed by atoms with E-state index in [1.807, 2.05) is 36.4 Å². The number of thioether (sulfide) groups is 1. The summed E-state index contributed by atoms with van der Waals surface area (Å²) in [5.74, 6) is 7.26. The van der Waals surface area contributed by atoms with Crippen LogP contribution in [-0.2, 0) is 4.79 Å². The van der Waals surface area contributed by atoms with E-state index in [-0.39, 0.29) is 11.7 Å². The Morgan fingerprint density at radius 1 is 1.27 bits per heavy atom. The fourth-order valence-corrected chi connectivity index (χ4v) is 3.35. The molecule has 9 heteroatoms. The van der Waals surface area contributed by atoms with E-state index in [1.165, 1.54) is 16.4 Å². The van der Waals surface area contributed by atoms with Gasteiger partial charge in [-0.2, -0.15) is 0 Å². The Kier molecular flexibility index (Phi) is 5.79. The highest BCUT2D eigenvalue weighted by molar-refractivity contribution is 9.10. The number of ether oxygens (including phenoxy) is 1. The molecule has 0 unspecified atom stereocenters. The first kappa shape index (κ1) is 18.3. The Bertz CT molecular complexity index is 931. The van der Waals surface area contributed by atoms with Gasteiger partial charge in [0.25, 0.3) is 0 Å². The Hall–Kier alpha value is -2.52. The van der Waals surface area contributed by atoms with Crippen molar-refractivity contribution in [3.8, 4) is 17.1 Å². The van der Waals surface area contributed by atoms with Gasteiger partial charge in [-0.1, -0.05) is 45.9 Å². The van der Waals surface area contributed by atoms with E-state index >= 15 is 0 Å². The first-order valence-electron chi connectivity index (χ1n) is 7.60. The zero-order valence-corrected chi connectivity index (χ0v) is 16.3. The van der Waals surface area contributed by atoms with Crippen molar-refractivity contribution in [2.75, 3.05) is 24.0 Å². The quantitative estimate of drug-likeness (QED) is 0.457. The van der Waals surface area contributed by atoms with E-state index in [0.29, 0.717) is 22.4 Å². The summed E-state index contributed by atoms with van der Waals surface area (Å²) in [5, 5.41) is 11.5. The summed E-state index contributed by atoms with van der Waals surface area (Å²) in [5.41, 5.74) is 1.49. The van der Waals surface area contributed by atoms with E-state index in [4.69, 9.17) is 10.6 Å². The van der Waals surface area contributed by atoms with Crippen LogP contribution < -0.4 is 15.9 Å². The average molecular weight is 434 g/mol. The van der Waals surface area contributed by atoms with Gasteiger partial charge in [0.2, 0.25) is 11.1 Å². The number of nitrogens with zero attached hydrogens (tertiary/aromatic N) is 3. The Morgan fingerprint density at radius 3 is 2.85 bits per heavy atom. The second-order valence-electron chi connectivity index (χ2n) is 5.22. The highest BCUT2D eigenvalue weighted by Crippen LogP contribution is 2.28. The van der Waals surface area contributed by atoms with E-state index in [1.54, 1.807) is 19.2 Å². The third-order valence-corrected chi connectivity index (χ3v) is 5.10. The largest absolute Gasteiger partial charge is 0.497 e. The topological polar surface area (TPSA) is 95.1 Å². The molecule has 0 aliphatic rings. The number of methoxy groups -OCH3 is 1. The lowest BCUT2D eigenvalue weighted by atomic mass is 10.2. The van der Waals surface area contributed by atoms with Crippen molar-refractivity contribution in [1.82, 2.24) is 14.9 Å². The molecule has 3 N–H and O–H groups in total. The molecule has 1 aromatic heterocycles. The lowest BCUT2D eigenvalue weighted by molar-refractivity contribution is -0.113. The molecule has 3 rings (SSSR count). The second-order valence-corrected chi connectivity index (χ2v) is 7.02. The van der Waals surface area contributed by atoms with Crippen LogP contribution in [0.1, 0.15) is 0 Å². The number of anilines is 1. The summed E-state index contributed by atoms with van der Waals surface area (Å²) in [4.78, 5) is 12.1. The van der Waals surface area contributed by atoms with Crippen LogP contribution in [0, 0.1) is 0 Å². The molecule has 0 saturated heterocycles. The minimum atomic E-state index is -0.173. The maximum Gasteiger partial charge on any atom is 0.234 e. The number of carbonyl (C=O) groups is 1. The van der Waals surface area contributed by atoms with Gasteiger partial charge in [0.05, 0.1) is 12.9 Å². The normalized spacial score (nSPS) is 10.5. The van der Waals surface area contributed by atoms with Crippen LogP contribution in [0.25, 0.3) is 11.4 Å². The number of nitrogen functional groups attached to an aromatic ring is 1. The average Bonchev–Trinajstić information content (AvgIpc) is 3.01. The predicted octanol–water partition coefficient (Wildman–Crippen LogP) is 3.16. The number of nitrogens with two attached hydrogens (primary N) is 1. The summed E-state index contributed by atoms with van der Waals surface area (Å²) in [6.07, 6.45) is 0. The van der Waals surface area contributed by atoms with Gasteiger partial charge in [-0.25, -0.2) is 4.68 Å². The van der Waals surface area contributed by atoms with Crippen molar-refractivity contribution >= 4 is 39.3 Å². The Morgan fingerprint density at radius 2 is 2.08 bits per heavy atom. The fraction of sp³-hybridized carbons (Fsp3) is 0.118. The number of nitrogens with one attached hydrogen (secondary N) is 1. The molecule has 0 spiro atoms. The molecule has 7 nitrogen and oxygen atoms in total. The lowest BCUT2D eigenvalue weighted by Gasteiger charge is -2.07. The number of hydrogen-bond donors (Lipinski definition) is 2. The standard InChI is InChI=1S/C17H16BrN5O2S/c1-25-12-6-4-5-11(9-12)20-15(24)10-26-17-22-21-16(23(17)19)13-7-2-3-8-14(13)18/h2-9H,10,19H2,1H3,(H,20,24). The molecule has 2 aromatic carbocycles. The summed E-state index contributed by atoms with van der Waals surface area (Å²) in [6, 6.07) is 14.7. The third kappa shape index (κ3) is 4.17. The van der Waals surface area contributed by atoms with Crippen LogP contribution in [0.2, 0.25) is 0 Å². The number of halogens is 1. The molecular formula is C17H16BrN5O2S. The van der Waals surface area contributed by atoms with Crippen LogP contribution in [0.3, 0.4) is 0 Å². The van der Waals surface area contributed by atoms with E-state index in [0.717, 1.165) is 10.0 Å². The number of carbonyl (C=O) groups excluding carboxylic acids is 1. The van der Waals surface area contributed by atoms with Crippen molar-refractivity contribution in [1.29, 1.82) is 0 Å². The number of rotatable bonds is 6. The molecule has 0 aliphatic heterocycles. The van der Waals surface area contributed by atoms with E-state index in [9.17, 15) is 4.79 Å². The summed E-state index contributed by atoms with van der Waals surface area (Å²) in [7, 11) is 1.58. The molecule has 1 amide bonds. The molecule has 0 atom stereocenters. The molecule has 0 radical (unpaired) electrons. The molecular weight excluding hydrogens is 418 g/mol. The van der Waals surface area contributed by atoms with E-state index in [2.05, 4.69) is 31.4 Å². The smallest absolute Gasteiger partial charge is 0.234 e. The monoisotopic (exact) mass is 433 g/mol. The molecule has 3 aromatic rings. The van der Waals surface area contributed by atoms with Gasteiger partial charge in [-0.15, -0.1) is 10.2 Å². The Labute approximate surface area is 163 Å². The summed E-state index contributed by atoms with van der Waals surface area (Å²) in [6.45, 7) is 0. The number of benzene rings is 2. The first-order valence-corrected chi connectivity index (χ1v) is 9.38. The van der Waals surface area contributed by atoms with Crippen molar-refractivity contribution in [2.45, 2.75) is 5.16 Å². The van der Waals surface area contributed by atoms with Crippen LogP contribution in [-0.4, -0.2) is 33.6 Å². The maximum atomic E-state index is 12.1. The lowest BCUT2D eigenvalue weighted by Crippen LogP contribution is -2.16. The zero-order valence-electron chi connectivity index (χ0n) is 13.8. The molecule has 1 heterocycles. The number of hydrogen-bond acceptors (Lipinski definition) is 6. The number of amides is 1. The predicted molar refractivity (Wildman–Crippen MR) is 106 cm³/mol. The Balaban J connectivity index is 1.65. The molecule has 134 valence electrons. The molecule has 0 bridgehead atoms. The highest BCUT2D eigenvalue weighted by Gasteiger charge is 2.15. The van der Waals surface area contributed by atoms with Gasteiger partial charge in [-0.05, 0) is 24.3 Å². The highest BCUT2D eigenvalue weighted by atomic mass is 79.9. The minimum absolute atomic E-state index is 0.155. The fourth-order valence-electron chi connectivity index (χ4n) is 2.23. The first-order chi connectivity index (χ1) is 12.6. The summed E-state index contributed by atoms with van der Waals surface area (Å²) >= 11 is 4.68. The van der Waals surface area contributed by atoms with Gasteiger partial charge < -0.3 is 15.9 Å². The van der Waals surface area contributed by atoms with Gasteiger partial charge in [-0.3, -0.25) is 4.79 Å². The molecule has 0 aliphatic carbocycles. The van der Waals surface area contributed by atoms with Gasteiger partial charge in [0.1, 0.15) is 5.75 Å². The molecule has 0 saturated carbocycles. The van der Waals surface area contributed by atoms with Crippen LogP contribution in [0.5, 0.6) is 5.75 Å². The van der Waals surface area contributed by atoms with Gasteiger partial charge in [0, 0.05) is 21.8 Å². The van der Waals surface area contributed by atoms with Crippen LogP contribution in [0.4, 0.5) is 5.69 Å². The van der Waals surface area contributed by atoms with Gasteiger partial charge >= 0.3 is 0 Å². The minimum Gasteiger partial charge on any atom is -0.497 e. The van der Waals surface area contributed by atoms with E-state index < -0.39 is 0 Å². The number of aromatic nitrogens is 3. The maximum absolute atomic E-state index is 12.1. The summed E-state index contributed by atoms with van der Waals surface area (Å²) < 4.78 is 7.38. The van der Waals surface area contributed by atoms with Crippen LogP contribution >= 0.6 is 27.7 Å². The van der Waals surface area contributed by atoms with Gasteiger partial charge in [0.15, 0.2) is 5.82 Å². The van der Waals surface area contributed by atoms with Crippen LogP contribution in [0.15, 0.2) is 58.2 Å². The van der Waals surface area contributed by atoms with Crippen molar-refractivity contribution in [3.63, 3.8) is 0 Å². The SMILES string of the molecule is COc1cccc(NC(=O)CSc2nnc(-c3ccccc3Br)n2N)c1.